The smallest absolute Gasteiger partial charge is 0.128 e. The van der Waals surface area contributed by atoms with Crippen molar-refractivity contribution in [3.05, 3.63) is 28.8 Å². The van der Waals surface area contributed by atoms with Crippen LogP contribution in [0.1, 0.15) is 16.7 Å². The zero-order chi connectivity index (χ0) is 15.1. The molecule has 20 heavy (non-hydrogen) atoms. The fourth-order valence-corrected chi connectivity index (χ4v) is 1.72. The molecule has 0 bridgehead atoms. The predicted octanol–water partition coefficient (Wildman–Crippen LogP) is -1.50. The van der Waals surface area contributed by atoms with Gasteiger partial charge >= 0.3 is 0 Å². The van der Waals surface area contributed by atoms with Crippen molar-refractivity contribution in [3.8, 4) is 5.75 Å². The molecule has 0 radical (unpaired) electrons. The molecular formula is C13H22N2O5. The monoisotopic (exact) mass is 286 g/mol. The summed E-state index contributed by atoms with van der Waals surface area (Å²) in [7, 11) is 0. The van der Waals surface area contributed by atoms with E-state index in [0.717, 1.165) is 11.1 Å². The maximum atomic E-state index is 9.90. The van der Waals surface area contributed by atoms with E-state index in [1.165, 1.54) is 0 Å². The van der Waals surface area contributed by atoms with E-state index in [-0.39, 0.29) is 18.9 Å². The lowest BCUT2D eigenvalue weighted by atomic mass is 10.0. The van der Waals surface area contributed by atoms with Gasteiger partial charge in [0.15, 0.2) is 0 Å². The molecule has 7 N–H and O–H groups in total. The number of phenolic OH excluding ortho intramolecular Hbond substituents is 1. The summed E-state index contributed by atoms with van der Waals surface area (Å²) in [4.78, 5) is 0. The Kier molecular flexibility index (Phi) is 6.86. The van der Waals surface area contributed by atoms with Gasteiger partial charge in [0.05, 0.1) is 13.2 Å². The molecule has 0 aliphatic heterocycles. The van der Waals surface area contributed by atoms with Crippen LogP contribution in [0.25, 0.3) is 0 Å². The van der Waals surface area contributed by atoms with Crippen LogP contribution in [-0.2, 0) is 13.1 Å². The summed E-state index contributed by atoms with van der Waals surface area (Å²) >= 11 is 0. The Labute approximate surface area is 117 Å². The van der Waals surface area contributed by atoms with Gasteiger partial charge in [-0.15, -0.1) is 0 Å². The van der Waals surface area contributed by atoms with Gasteiger partial charge in [-0.1, -0.05) is 6.07 Å². The number of aromatic hydroxyl groups is 1. The maximum absolute atomic E-state index is 9.90. The molecular weight excluding hydrogens is 264 g/mol. The van der Waals surface area contributed by atoms with E-state index in [1.54, 1.807) is 12.1 Å². The van der Waals surface area contributed by atoms with Crippen molar-refractivity contribution in [1.29, 1.82) is 0 Å². The molecule has 0 aliphatic rings. The maximum Gasteiger partial charge on any atom is 0.128 e. The number of nitrogens with one attached hydrogen (secondary N) is 2. The molecule has 1 aromatic carbocycles. The predicted molar refractivity (Wildman–Crippen MR) is 72.7 cm³/mol. The highest BCUT2D eigenvalue weighted by Gasteiger charge is 2.09. The lowest BCUT2D eigenvalue weighted by Gasteiger charge is -2.15. The Hall–Kier alpha value is -1.22. The van der Waals surface area contributed by atoms with Crippen molar-refractivity contribution in [2.45, 2.75) is 32.5 Å². The van der Waals surface area contributed by atoms with E-state index >= 15 is 0 Å². The minimum Gasteiger partial charge on any atom is -0.508 e. The van der Waals surface area contributed by atoms with Crippen LogP contribution >= 0.6 is 0 Å². The van der Waals surface area contributed by atoms with Crippen LogP contribution < -0.4 is 10.6 Å². The number of aliphatic hydroxyl groups excluding tert-OH is 4. The van der Waals surface area contributed by atoms with Crippen molar-refractivity contribution in [2.75, 3.05) is 13.2 Å². The van der Waals surface area contributed by atoms with Gasteiger partial charge in [0.1, 0.15) is 18.2 Å². The zero-order valence-electron chi connectivity index (χ0n) is 11.4. The van der Waals surface area contributed by atoms with Gasteiger partial charge in [0.2, 0.25) is 0 Å². The molecule has 114 valence electrons. The third-order valence-corrected chi connectivity index (χ3v) is 2.94. The van der Waals surface area contributed by atoms with Crippen molar-refractivity contribution < 1.29 is 25.5 Å². The summed E-state index contributed by atoms with van der Waals surface area (Å²) < 4.78 is 0. The number of hydrogen-bond acceptors (Lipinski definition) is 7. The van der Waals surface area contributed by atoms with E-state index in [9.17, 15) is 15.3 Å². The lowest BCUT2D eigenvalue weighted by Crippen LogP contribution is -2.32. The number of aryl methyl sites for hydroxylation is 1. The number of hydrogen-bond donors (Lipinski definition) is 7. The Morgan fingerprint density at radius 3 is 1.95 bits per heavy atom. The highest BCUT2D eigenvalue weighted by atomic mass is 16.3. The van der Waals surface area contributed by atoms with E-state index in [0.29, 0.717) is 12.1 Å². The van der Waals surface area contributed by atoms with Crippen LogP contribution in [0.4, 0.5) is 0 Å². The van der Waals surface area contributed by atoms with E-state index < -0.39 is 19.1 Å². The topological polar surface area (TPSA) is 125 Å². The van der Waals surface area contributed by atoms with Gasteiger partial charge in [-0.2, -0.15) is 0 Å². The van der Waals surface area contributed by atoms with Gasteiger partial charge in [-0.25, -0.2) is 0 Å². The standard InChI is InChI=1S/C13H22N2O5/c1-8-2-10(5-15-13(20)7-17)11(18)3-9(8)4-14-12(19)6-16/h2-3,12-20H,4-7H2,1H3. The molecule has 0 spiro atoms. The molecule has 2 unspecified atom stereocenters. The van der Waals surface area contributed by atoms with Gasteiger partial charge in [0.25, 0.3) is 0 Å². The van der Waals surface area contributed by atoms with Crippen LogP contribution in [-0.4, -0.2) is 51.2 Å². The SMILES string of the molecule is Cc1cc(CNC(O)CO)c(O)cc1CNC(O)CO. The average molecular weight is 286 g/mol. The van der Waals surface area contributed by atoms with Gasteiger partial charge in [0, 0.05) is 18.7 Å². The summed E-state index contributed by atoms with van der Waals surface area (Å²) in [5.41, 5.74) is 2.29. The van der Waals surface area contributed by atoms with Crippen molar-refractivity contribution in [2.24, 2.45) is 0 Å². The lowest BCUT2D eigenvalue weighted by molar-refractivity contribution is 0.0661. The minimum atomic E-state index is -1.03. The molecule has 2 atom stereocenters. The summed E-state index contributed by atoms with van der Waals surface area (Å²) in [6.07, 6.45) is -2.03. The Bertz CT molecular complexity index is 388. The van der Waals surface area contributed by atoms with Crippen LogP contribution in [0.3, 0.4) is 0 Å². The number of phenols is 1. The zero-order valence-corrected chi connectivity index (χ0v) is 11.4. The van der Waals surface area contributed by atoms with Gasteiger partial charge in [-0.3, -0.25) is 10.6 Å². The molecule has 7 nitrogen and oxygen atoms in total. The fraction of sp³-hybridized carbons (Fsp3) is 0.538. The normalized spacial score (nSPS) is 14.2. The van der Waals surface area contributed by atoms with Crippen LogP contribution in [0.5, 0.6) is 5.75 Å². The molecule has 1 aromatic rings. The largest absolute Gasteiger partial charge is 0.508 e. The molecule has 1 rings (SSSR count). The number of benzene rings is 1. The molecule has 7 heteroatoms. The molecule has 0 saturated carbocycles. The molecule has 0 aromatic heterocycles. The highest BCUT2D eigenvalue weighted by Crippen LogP contribution is 2.22. The average Bonchev–Trinajstić information content (AvgIpc) is 2.45. The van der Waals surface area contributed by atoms with E-state index in [4.69, 9.17) is 10.2 Å². The minimum absolute atomic E-state index is 0.0588. The first-order valence-electron chi connectivity index (χ1n) is 6.34. The molecule has 0 fully saturated rings. The Morgan fingerprint density at radius 2 is 1.45 bits per heavy atom. The third kappa shape index (κ3) is 5.04. The molecule has 0 heterocycles. The quantitative estimate of drug-likeness (QED) is 0.290. The van der Waals surface area contributed by atoms with Crippen molar-refractivity contribution in [1.82, 2.24) is 10.6 Å². The first-order valence-corrected chi connectivity index (χ1v) is 6.34. The highest BCUT2D eigenvalue weighted by molar-refractivity contribution is 5.41. The Balaban J connectivity index is 2.70. The van der Waals surface area contributed by atoms with Gasteiger partial charge in [-0.05, 0) is 24.1 Å². The van der Waals surface area contributed by atoms with Crippen LogP contribution in [0.2, 0.25) is 0 Å². The molecule has 0 saturated heterocycles. The number of rotatable bonds is 8. The fourth-order valence-electron chi connectivity index (χ4n) is 1.72. The second-order valence-corrected chi connectivity index (χ2v) is 4.57. The number of aliphatic hydroxyl groups is 4. The van der Waals surface area contributed by atoms with E-state index in [1.807, 2.05) is 6.92 Å². The van der Waals surface area contributed by atoms with E-state index in [2.05, 4.69) is 10.6 Å². The summed E-state index contributed by atoms with van der Waals surface area (Å²) in [6, 6.07) is 3.32. The summed E-state index contributed by atoms with van der Waals surface area (Å²) in [5.74, 6) is 0.0588. The van der Waals surface area contributed by atoms with Crippen LogP contribution in [0, 0.1) is 6.92 Å². The second kappa shape index (κ2) is 8.15. The first kappa shape index (κ1) is 16.8. The van der Waals surface area contributed by atoms with Crippen LogP contribution in [0.15, 0.2) is 12.1 Å². The Morgan fingerprint density at radius 1 is 0.950 bits per heavy atom. The third-order valence-electron chi connectivity index (χ3n) is 2.94. The molecule has 0 amide bonds. The summed E-state index contributed by atoms with van der Waals surface area (Å²) in [5, 5.41) is 51.1. The first-order chi connectivity index (χ1) is 9.47. The molecule has 0 aliphatic carbocycles. The van der Waals surface area contributed by atoms with Crippen molar-refractivity contribution >= 4 is 0 Å². The second-order valence-electron chi connectivity index (χ2n) is 4.57. The summed E-state index contributed by atoms with van der Waals surface area (Å²) in [6.45, 7) is 1.61. The van der Waals surface area contributed by atoms with Crippen molar-refractivity contribution in [3.63, 3.8) is 0 Å². The van der Waals surface area contributed by atoms with Gasteiger partial charge < -0.3 is 25.5 Å².